The number of rotatable bonds is 0. The van der Waals surface area contributed by atoms with Gasteiger partial charge in [0.2, 0.25) is 0 Å². The van der Waals surface area contributed by atoms with E-state index in [-0.39, 0.29) is 0 Å². The van der Waals surface area contributed by atoms with Crippen LogP contribution in [-0.4, -0.2) is 0 Å². The molecule has 31 valence electrons. The molecular weight excluding hydrogens is 76.1 g/mol. The molecule has 0 aromatic carbocycles. The molecule has 0 unspecified atom stereocenters. The van der Waals surface area contributed by atoms with Gasteiger partial charge in [0.05, 0.1) is 6.26 Å². The Hall–Kier alpha value is -0.720. The molecular formula is C5H5O. The van der Waals surface area contributed by atoms with Crippen LogP contribution < -0.4 is 0 Å². The average molecular weight is 81.1 g/mol. The fraction of sp³-hybridized carbons (Fsp3) is 0.200. The Kier molecular flexibility index (Phi) is 0.955. The van der Waals surface area contributed by atoms with E-state index in [1.165, 1.54) is 0 Å². The van der Waals surface area contributed by atoms with Gasteiger partial charge in [-0.25, -0.2) is 0 Å². The fourth-order valence-corrected chi connectivity index (χ4v) is 0.307. The Bertz CT molecular complexity index is 61.9. The Morgan fingerprint density at radius 1 is 1.67 bits per heavy atom. The van der Waals surface area contributed by atoms with Gasteiger partial charge in [-0.15, -0.1) is 0 Å². The first-order valence-electron chi connectivity index (χ1n) is 1.88. The average Bonchev–Trinajstić information content (AvgIpc) is 1.72. The number of allylic oxidation sites excluding steroid dienone is 2. The van der Waals surface area contributed by atoms with Crippen LogP contribution in [-0.2, 0) is 4.74 Å². The molecule has 0 saturated heterocycles. The maximum atomic E-state index is 4.58. The lowest BCUT2D eigenvalue weighted by Crippen LogP contribution is -1.72. The second kappa shape index (κ2) is 1.65. The van der Waals surface area contributed by atoms with Crippen LogP contribution in [0.5, 0.6) is 0 Å². The molecule has 0 fully saturated rings. The van der Waals surface area contributed by atoms with Crippen molar-refractivity contribution in [2.45, 2.75) is 6.42 Å². The van der Waals surface area contributed by atoms with Crippen LogP contribution in [0.2, 0.25) is 0 Å². The summed E-state index contributed by atoms with van der Waals surface area (Å²) in [4.78, 5) is 0. The zero-order valence-corrected chi connectivity index (χ0v) is 3.35. The summed E-state index contributed by atoms with van der Waals surface area (Å²) >= 11 is 0. The Morgan fingerprint density at radius 3 is 2.83 bits per heavy atom. The van der Waals surface area contributed by atoms with Gasteiger partial charge in [-0.2, -0.15) is 0 Å². The number of ether oxygens (including phenoxy) is 1. The molecule has 1 nitrogen and oxygen atoms in total. The third-order valence-electron chi connectivity index (χ3n) is 0.570. The lowest BCUT2D eigenvalue weighted by atomic mass is 10.4. The lowest BCUT2D eigenvalue weighted by molar-refractivity contribution is 0.366. The van der Waals surface area contributed by atoms with Gasteiger partial charge < -0.3 is 4.74 Å². The predicted octanol–water partition coefficient (Wildman–Crippen LogP) is 1.24. The zero-order valence-electron chi connectivity index (χ0n) is 3.35. The number of hydrogen-bond acceptors (Lipinski definition) is 1. The Labute approximate surface area is 36.9 Å². The van der Waals surface area contributed by atoms with Gasteiger partial charge in [0.1, 0.15) is 0 Å². The maximum absolute atomic E-state index is 4.58. The predicted molar refractivity (Wildman–Crippen MR) is 22.7 cm³/mol. The first kappa shape index (κ1) is 3.47. The largest absolute Gasteiger partial charge is 0.462 e. The van der Waals surface area contributed by atoms with E-state index in [1.54, 1.807) is 6.26 Å². The second-order valence-corrected chi connectivity index (χ2v) is 1.05. The zero-order chi connectivity index (χ0) is 4.24. The summed E-state index contributed by atoms with van der Waals surface area (Å²) in [5, 5.41) is 0. The summed E-state index contributed by atoms with van der Waals surface area (Å²) in [5.74, 6) is 0. The molecule has 0 aromatic rings. The molecule has 1 radical (unpaired) electrons. The molecule has 0 amide bonds. The van der Waals surface area contributed by atoms with E-state index in [0.717, 1.165) is 6.42 Å². The van der Waals surface area contributed by atoms with Gasteiger partial charge in [-0.3, -0.25) is 0 Å². The molecule has 1 aliphatic heterocycles. The molecule has 1 heterocycles. The highest BCUT2D eigenvalue weighted by Gasteiger charge is 1.77. The Morgan fingerprint density at radius 2 is 2.67 bits per heavy atom. The maximum Gasteiger partial charge on any atom is 0.164 e. The van der Waals surface area contributed by atoms with Gasteiger partial charge in [-0.05, 0) is 18.6 Å². The molecule has 1 heteroatoms. The van der Waals surface area contributed by atoms with Crippen molar-refractivity contribution in [3.8, 4) is 0 Å². The van der Waals surface area contributed by atoms with Crippen LogP contribution in [0.25, 0.3) is 0 Å². The van der Waals surface area contributed by atoms with E-state index in [0.29, 0.717) is 0 Å². The van der Waals surface area contributed by atoms with E-state index < -0.39 is 0 Å². The third kappa shape index (κ3) is 0.612. The van der Waals surface area contributed by atoms with Gasteiger partial charge >= 0.3 is 0 Å². The topological polar surface area (TPSA) is 9.23 Å². The van der Waals surface area contributed by atoms with E-state index in [4.69, 9.17) is 0 Å². The van der Waals surface area contributed by atoms with Gasteiger partial charge in [0.15, 0.2) is 6.26 Å². The van der Waals surface area contributed by atoms with Crippen molar-refractivity contribution >= 4 is 0 Å². The smallest absolute Gasteiger partial charge is 0.164 e. The van der Waals surface area contributed by atoms with Crippen molar-refractivity contribution in [1.29, 1.82) is 0 Å². The van der Waals surface area contributed by atoms with E-state index in [9.17, 15) is 0 Å². The minimum atomic E-state index is 0.958. The first-order valence-corrected chi connectivity index (χ1v) is 1.88. The van der Waals surface area contributed by atoms with Crippen molar-refractivity contribution in [1.82, 2.24) is 0 Å². The Balaban J connectivity index is 2.40. The van der Waals surface area contributed by atoms with E-state index in [2.05, 4.69) is 11.0 Å². The molecule has 0 N–H and O–H groups in total. The van der Waals surface area contributed by atoms with Crippen molar-refractivity contribution in [3.63, 3.8) is 0 Å². The SMILES string of the molecule is [C]1=CCC=CO1. The molecule has 0 bridgehead atoms. The molecule has 0 atom stereocenters. The molecule has 1 aliphatic rings. The fourth-order valence-electron chi connectivity index (χ4n) is 0.307. The van der Waals surface area contributed by atoms with Crippen LogP contribution in [0.15, 0.2) is 18.4 Å². The molecule has 1 rings (SSSR count). The molecule has 6 heavy (non-hydrogen) atoms. The molecule has 0 aromatic heterocycles. The normalized spacial score (nSPS) is 17.3. The van der Waals surface area contributed by atoms with E-state index >= 15 is 0 Å². The highest BCUT2D eigenvalue weighted by molar-refractivity contribution is 4.88. The highest BCUT2D eigenvalue weighted by atomic mass is 16.5. The van der Waals surface area contributed by atoms with Crippen molar-refractivity contribution < 1.29 is 4.74 Å². The summed E-state index contributed by atoms with van der Waals surface area (Å²) < 4.78 is 4.58. The standard InChI is InChI=1S/C5H5O/c1-2-4-6-5-3-1/h2-4H,1H2. The van der Waals surface area contributed by atoms with Crippen LogP contribution in [0.4, 0.5) is 0 Å². The van der Waals surface area contributed by atoms with Gasteiger partial charge in [0.25, 0.3) is 0 Å². The van der Waals surface area contributed by atoms with Gasteiger partial charge in [-0.1, -0.05) is 0 Å². The molecule has 0 spiro atoms. The van der Waals surface area contributed by atoms with Crippen LogP contribution in [0, 0.1) is 6.26 Å². The molecule has 0 saturated carbocycles. The monoisotopic (exact) mass is 81.0 g/mol. The first-order chi connectivity index (χ1) is 3.00. The minimum Gasteiger partial charge on any atom is -0.462 e. The van der Waals surface area contributed by atoms with Crippen LogP contribution in [0.3, 0.4) is 0 Å². The summed E-state index contributed by atoms with van der Waals surface area (Å²) in [6.07, 6.45) is 8.92. The van der Waals surface area contributed by atoms with E-state index in [1.807, 2.05) is 12.2 Å². The minimum absolute atomic E-state index is 0.958. The van der Waals surface area contributed by atoms with Crippen molar-refractivity contribution in [2.24, 2.45) is 0 Å². The van der Waals surface area contributed by atoms with Crippen LogP contribution >= 0.6 is 0 Å². The summed E-state index contributed by atoms with van der Waals surface area (Å²) in [6, 6.07) is 0. The second-order valence-electron chi connectivity index (χ2n) is 1.05. The molecule has 0 aliphatic carbocycles. The number of hydrogen-bond donors (Lipinski definition) is 0. The van der Waals surface area contributed by atoms with Gasteiger partial charge in [0, 0.05) is 0 Å². The lowest BCUT2D eigenvalue weighted by Gasteiger charge is -1.90. The highest BCUT2D eigenvalue weighted by Crippen LogP contribution is 1.92. The van der Waals surface area contributed by atoms with Crippen molar-refractivity contribution in [2.75, 3.05) is 0 Å². The summed E-state index contributed by atoms with van der Waals surface area (Å²) in [5.41, 5.74) is 0. The van der Waals surface area contributed by atoms with Crippen molar-refractivity contribution in [3.05, 3.63) is 24.7 Å². The third-order valence-corrected chi connectivity index (χ3v) is 0.570. The van der Waals surface area contributed by atoms with Crippen LogP contribution in [0.1, 0.15) is 6.42 Å². The summed E-state index contributed by atoms with van der Waals surface area (Å²) in [7, 11) is 0. The quantitative estimate of drug-likeness (QED) is 0.426. The summed E-state index contributed by atoms with van der Waals surface area (Å²) in [6.45, 7) is 0.